The number of benzene rings is 2. The van der Waals surface area contributed by atoms with Crippen LogP contribution >= 0.6 is 0 Å². The third-order valence-corrected chi connectivity index (χ3v) is 5.09. The largest absolute Gasteiger partial charge is 0.497 e. The molecule has 2 aromatic carbocycles. The molecule has 32 heavy (non-hydrogen) atoms. The van der Waals surface area contributed by atoms with Crippen molar-refractivity contribution in [3.63, 3.8) is 0 Å². The number of halogens is 1. The molecular weight excluding hydrogens is 409 g/mol. The van der Waals surface area contributed by atoms with Gasteiger partial charge in [0.15, 0.2) is 0 Å². The number of urea groups is 1. The molecule has 2 amide bonds. The van der Waals surface area contributed by atoms with Gasteiger partial charge in [-0.1, -0.05) is 6.07 Å². The number of aromatic amines is 1. The highest BCUT2D eigenvalue weighted by atomic mass is 19.1. The summed E-state index contributed by atoms with van der Waals surface area (Å²) in [5.74, 6) is -0.188. The van der Waals surface area contributed by atoms with Crippen LogP contribution in [0, 0.1) is 5.82 Å². The van der Waals surface area contributed by atoms with E-state index in [0.717, 1.165) is 0 Å². The number of hydrogen-bond acceptors (Lipinski definition) is 3. The summed E-state index contributed by atoms with van der Waals surface area (Å²) in [5.41, 5.74) is 2.05. The zero-order chi connectivity index (χ0) is 23.9. The van der Waals surface area contributed by atoms with Gasteiger partial charge in [0.2, 0.25) is 0 Å². The third kappa shape index (κ3) is 3.62. The Balaban J connectivity index is 1.46. The van der Waals surface area contributed by atoms with E-state index >= 15 is 0 Å². The zero-order valence-corrected chi connectivity index (χ0v) is 17.0. The molecule has 0 fully saturated rings. The maximum absolute atomic E-state index is 14.1. The number of carbonyl (C=O) groups is 1. The van der Waals surface area contributed by atoms with Gasteiger partial charge in [-0.2, -0.15) is 0 Å². The second-order valence-corrected chi connectivity index (χ2v) is 7.06. The Bertz CT molecular complexity index is 1530. The van der Waals surface area contributed by atoms with Crippen LogP contribution in [0.25, 0.3) is 21.9 Å². The molecule has 5 rings (SSSR count). The molecule has 0 saturated heterocycles. The number of amides is 2. The number of carbonyl (C=O) groups excluding carboxylic acids is 1. The van der Waals surface area contributed by atoms with Crippen molar-refractivity contribution < 1.29 is 16.7 Å². The predicted molar refractivity (Wildman–Crippen MR) is 123 cm³/mol. The Morgan fingerprint density at radius 2 is 2.03 bits per heavy atom. The van der Waals surface area contributed by atoms with E-state index in [9.17, 15) is 9.18 Å². The van der Waals surface area contributed by atoms with Crippen molar-refractivity contribution in [1.29, 1.82) is 0 Å². The molecule has 0 bridgehead atoms. The van der Waals surface area contributed by atoms with Crippen molar-refractivity contribution >= 4 is 39.3 Å². The Morgan fingerprint density at radius 1 is 1.16 bits per heavy atom. The molecule has 0 unspecified atom stereocenters. The van der Waals surface area contributed by atoms with Crippen molar-refractivity contribution in [3.05, 3.63) is 84.6 Å². The van der Waals surface area contributed by atoms with Gasteiger partial charge >= 0.3 is 6.03 Å². The molecular formula is C24H20FN5O2. The van der Waals surface area contributed by atoms with Crippen LogP contribution in [-0.2, 0) is 6.50 Å². The fourth-order valence-corrected chi connectivity index (χ4v) is 3.56. The number of aromatic nitrogens is 3. The van der Waals surface area contributed by atoms with E-state index in [2.05, 4.69) is 20.6 Å². The number of nitrogens with one attached hydrogen (secondary N) is 3. The first-order valence-electron chi connectivity index (χ1n) is 10.8. The lowest BCUT2D eigenvalue weighted by Gasteiger charge is -2.11. The number of methoxy groups -OCH3 is 1. The highest BCUT2D eigenvalue weighted by Gasteiger charge is 2.12. The molecule has 0 radical (unpaired) electrons. The van der Waals surface area contributed by atoms with Crippen LogP contribution < -0.4 is 15.4 Å². The lowest BCUT2D eigenvalue weighted by atomic mass is 10.2. The summed E-state index contributed by atoms with van der Waals surface area (Å²) in [7, 11) is 1.45. The number of hydrogen-bond donors (Lipinski definition) is 3. The number of fused-ring (bicyclic) bond motifs is 2. The van der Waals surface area contributed by atoms with Crippen LogP contribution in [0.5, 0.6) is 5.75 Å². The van der Waals surface area contributed by atoms with Gasteiger partial charge in [-0.3, -0.25) is 0 Å². The highest BCUT2D eigenvalue weighted by molar-refractivity contribution is 6.06. The number of pyridine rings is 1. The monoisotopic (exact) mass is 431 g/mol. The maximum atomic E-state index is 14.1. The van der Waals surface area contributed by atoms with E-state index < -0.39 is 18.3 Å². The van der Waals surface area contributed by atoms with Crippen molar-refractivity contribution in [3.8, 4) is 5.75 Å². The molecule has 160 valence electrons. The molecule has 3 heterocycles. The molecule has 7 nitrogen and oxygen atoms in total. The van der Waals surface area contributed by atoms with Crippen LogP contribution in [0.2, 0.25) is 0 Å². The van der Waals surface area contributed by atoms with Gasteiger partial charge in [0.25, 0.3) is 0 Å². The maximum Gasteiger partial charge on any atom is 0.323 e. The number of rotatable bonds is 5. The number of H-pyrrole nitrogens is 1. The van der Waals surface area contributed by atoms with Crippen molar-refractivity contribution in [2.45, 2.75) is 6.50 Å². The van der Waals surface area contributed by atoms with E-state index in [1.807, 2.05) is 6.07 Å². The first kappa shape index (κ1) is 17.4. The smallest absolute Gasteiger partial charge is 0.323 e. The van der Waals surface area contributed by atoms with Crippen LogP contribution in [0.1, 0.15) is 8.30 Å². The lowest BCUT2D eigenvalue weighted by Crippen LogP contribution is -2.20. The second-order valence-electron chi connectivity index (χ2n) is 7.06. The summed E-state index contributed by atoms with van der Waals surface area (Å²) in [4.78, 5) is 19.8. The summed E-state index contributed by atoms with van der Waals surface area (Å²) in [6.45, 7) is -1.90. The van der Waals surface area contributed by atoms with Gasteiger partial charge in [-0.25, -0.2) is 14.2 Å². The molecule has 3 aromatic heterocycles. The van der Waals surface area contributed by atoms with E-state index in [1.54, 1.807) is 48.9 Å². The molecule has 3 N–H and O–H groups in total. The molecule has 0 aliphatic rings. The fraction of sp³-hybridized carbons (Fsp3) is 0.0833. The number of ether oxygens (including phenoxy) is 1. The summed E-state index contributed by atoms with van der Waals surface area (Å²) in [6.07, 6.45) is 4.88. The average Bonchev–Trinajstić information content (AvgIpc) is 3.46. The minimum absolute atomic E-state index is 0.0223. The van der Waals surface area contributed by atoms with E-state index in [1.165, 1.54) is 29.9 Å². The van der Waals surface area contributed by atoms with Crippen LogP contribution in [0.4, 0.5) is 20.6 Å². The van der Waals surface area contributed by atoms with Gasteiger partial charge in [0.1, 0.15) is 17.2 Å². The average molecular weight is 431 g/mol. The van der Waals surface area contributed by atoms with E-state index in [-0.39, 0.29) is 5.69 Å². The summed E-state index contributed by atoms with van der Waals surface area (Å²) in [6, 6.07) is 13.9. The number of anilines is 2. The van der Waals surface area contributed by atoms with Gasteiger partial charge in [-0.15, -0.1) is 0 Å². The SMILES string of the molecule is [2H]C([2H])(c1c[nH]c2ncccc12)n1ccc2c(NC(=O)Nc3cc(OC)ccc3F)cccc21. The lowest BCUT2D eigenvalue weighted by molar-refractivity contribution is 0.262. The fourth-order valence-electron chi connectivity index (χ4n) is 3.56. The minimum atomic E-state index is -1.90. The molecule has 0 spiro atoms. The Hall–Kier alpha value is -4.33. The van der Waals surface area contributed by atoms with E-state index in [0.29, 0.717) is 38.9 Å². The Kier molecular flexibility index (Phi) is 4.38. The quantitative estimate of drug-likeness (QED) is 0.350. The molecule has 8 heteroatoms. The molecule has 5 aromatic rings. The third-order valence-electron chi connectivity index (χ3n) is 5.09. The van der Waals surface area contributed by atoms with Gasteiger partial charge < -0.3 is 24.9 Å². The molecule has 0 aliphatic heterocycles. The normalized spacial score (nSPS) is 12.4. The minimum Gasteiger partial charge on any atom is -0.497 e. The summed E-state index contributed by atoms with van der Waals surface area (Å²) in [5, 5.41) is 6.51. The Labute approximate surface area is 185 Å². The Morgan fingerprint density at radius 3 is 2.91 bits per heavy atom. The predicted octanol–water partition coefficient (Wildman–Crippen LogP) is 5.36. The summed E-state index contributed by atoms with van der Waals surface area (Å²) < 4.78 is 38.4. The first-order valence-corrected chi connectivity index (χ1v) is 9.83. The van der Waals surface area contributed by atoms with Crippen molar-refractivity contribution in [2.24, 2.45) is 0 Å². The molecule has 0 saturated carbocycles. The van der Waals surface area contributed by atoms with Gasteiger partial charge in [0, 0.05) is 41.9 Å². The molecule has 0 aliphatic carbocycles. The van der Waals surface area contributed by atoms with Crippen molar-refractivity contribution in [1.82, 2.24) is 14.5 Å². The second kappa shape index (κ2) is 8.07. The van der Waals surface area contributed by atoms with Gasteiger partial charge in [-0.05, 0) is 48.0 Å². The molecule has 0 atom stereocenters. The topological polar surface area (TPSA) is 84.0 Å². The standard InChI is InChI=1S/C24H20FN5O2/c1-32-16-7-8-19(25)21(12-16)29-24(31)28-20-5-2-6-22-18(20)9-11-30(22)14-15-13-27-23-17(15)4-3-10-26-23/h2-13H,14H2,1H3,(H,26,27)(H2,28,29,31)/i14D2. The van der Waals surface area contributed by atoms with Gasteiger partial charge in [0.05, 0.1) is 26.7 Å². The van der Waals surface area contributed by atoms with Crippen LogP contribution in [0.3, 0.4) is 0 Å². The van der Waals surface area contributed by atoms with Crippen LogP contribution in [-0.4, -0.2) is 27.7 Å². The van der Waals surface area contributed by atoms with Crippen molar-refractivity contribution in [2.75, 3.05) is 17.7 Å². The highest BCUT2D eigenvalue weighted by Crippen LogP contribution is 2.27. The zero-order valence-electron chi connectivity index (χ0n) is 19.0. The van der Waals surface area contributed by atoms with Crippen LogP contribution in [0.15, 0.2) is 73.2 Å². The number of nitrogens with zero attached hydrogens (tertiary/aromatic N) is 2. The summed E-state index contributed by atoms with van der Waals surface area (Å²) >= 11 is 0. The van der Waals surface area contributed by atoms with E-state index in [4.69, 9.17) is 7.48 Å². The first-order chi connectivity index (χ1) is 16.4.